The number of carbonyl (C=O) groups excluding carboxylic acids is 1. The zero-order chi connectivity index (χ0) is 21.7. The highest BCUT2D eigenvalue weighted by molar-refractivity contribution is 6.30. The number of amides is 1. The van der Waals surface area contributed by atoms with E-state index in [0.29, 0.717) is 25.3 Å². The Morgan fingerprint density at radius 2 is 1.90 bits per heavy atom. The molecule has 0 radical (unpaired) electrons. The summed E-state index contributed by atoms with van der Waals surface area (Å²) in [7, 11) is 0. The molecule has 162 valence electrons. The number of ether oxygens (including phenoxy) is 1. The maximum Gasteiger partial charge on any atom is 0.419 e. The first-order valence-electron chi connectivity index (χ1n) is 9.39. The maximum atomic E-state index is 14.1. The van der Waals surface area contributed by atoms with E-state index < -0.39 is 28.8 Å². The van der Waals surface area contributed by atoms with E-state index in [4.69, 9.17) is 16.3 Å². The molecular weight excluding hydrogens is 426 g/mol. The quantitative estimate of drug-likeness (QED) is 0.468. The van der Waals surface area contributed by atoms with E-state index in [1.54, 1.807) is 0 Å². The van der Waals surface area contributed by atoms with Crippen molar-refractivity contribution < 1.29 is 27.1 Å². The Kier molecular flexibility index (Phi) is 7.02. The molecule has 10 heteroatoms. The fourth-order valence-corrected chi connectivity index (χ4v) is 3.59. The molecule has 2 atom stereocenters. The van der Waals surface area contributed by atoms with Gasteiger partial charge in [-0.05, 0) is 37.3 Å². The van der Waals surface area contributed by atoms with E-state index in [0.717, 1.165) is 12.0 Å². The molecule has 1 amide bonds. The molecule has 2 unspecified atom stereocenters. The lowest BCUT2D eigenvalue weighted by molar-refractivity contribution is -0.137. The summed E-state index contributed by atoms with van der Waals surface area (Å²) in [5.74, 6) is -1.48. The molecule has 1 heterocycles. The van der Waals surface area contributed by atoms with E-state index in [1.165, 1.54) is 0 Å². The van der Waals surface area contributed by atoms with Crippen LogP contribution in [0.15, 0.2) is 36.4 Å². The van der Waals surface area contributed by atoms with Crippen molar-refractivity contribution in [1.29, 1.82) is 0 Å². The molecule has 1 fully saturated rings. The molecule has 1 aromatic carbocycles. The smallest absolute Gasteiger partial charge is 0.419 e. The summed E-state index contributed by atoms with van der Waals surface area (Å²) in [4.78, 5) is 15.6. The lowest BCUT2D eigenvalue weighted by Gasteiger charge is -2.30. The molecule has 2 N–H and O–H groups in total. The highest BCUT2D eigenvalue weighted by Gasteiger charge is 2.35. The predicted molar refractivity (Wildman–Crippen MR) is 104 cm³/mol. The number of halogens is 5. The SMILES string of the molecule is O=C(NC1CCCC(Nc2nc(Cl)c(C(F)(F)F)cc2F)C1)OCc1ccccc1. The van der Waals surface area contributed by atoms with Gasteiger partial charge in [0, 0.05) is 12.1 Å². The third-order valence-corrected chi connectivity index (χ3v) is 5.07. The van der Waals surface area contributed by atoms with E-state index >= 15 is 0 Å². The van der Waals surface area contributed by atoms with Crippen molar-refractivity contribution in [1.82, 2.24) is 10.3 Å². The van der Waals surface area contributed by atoms with Crippen LogP contribution in [0.25, 0.3) is 0 Å². The number of nitrogens with zero attached hydrogens (tertiary/aromatic N) is 1. The summed E-state index contributed by atoms with van der Waals surface area (Å²) in [5.41, 5.74) is -0.465. The Morgan fingerprint density at radius 3 is 2.60 bits per heavy atom. The lowest BCUT2D eigenvalue weighted by Crippen LogP contribution is -2.42. The van der Waals surface area contributed by atoms with Gasteiger partial charge in [-0.25, -0.2) is 14.2 Å². The lowest BCUT2D eigenvalue weighted by atomic mass is 9.91. The fraction of sp³-hybridized carbons (Fsp3) is 0.400. The average molecular weight is 446 g/mol. The monoisotopic (exact) mass is 445 g/mol. The number of anilines is 1. The number of pyridine rings is 1. The Bertz CT molecular complexity index is 880. The zero-order valence-electron chi connectivity index (χ0n) is 15.8. The minimum absolute atomic E-state index is 0.139. The Hall–Kier alpha value is -2.55. The summed E-state index contributed by atoms with van der Waals surface area (Å²) in [6.45, 7) is 0.139. The van der Waals surface area contributed by atoms with Gasteiger partial charge in [0.2, 0.25) is 0 Å². The van der Waals surface area contributed by atoms with Gasteiger partial charge in [-0.1, -0.05) is 41.9 Å². The minimum atomic E-state index is -4.79. The molecule has 0 aliphatic heterocycles. The summed E-state index contributed by atoms with van der Waals surface area (Å²) in [5, 5.41) is 4.75. The number of alkyl halides is 3. The van der Waals surface area contributed by atoms with Crippen LogP contribution in [-0.2, 0) is 17.5 Å². The Labute approximate surface area is 175 Å². The van der Waals surface area contributed by atoms with Crippen molar-refractivity contribution in [3.05, 3.63) is 58.5 Å². The van der Waals surface area contributed by atoms with Gasteiger partial charge in [0.15, 0.2) is 11.6 Å². The number of hydrogen-bond donors (Lipinski definition) is 2. The van der Waals surface area contributed by atoms with Crippen LogP contribution in [0, 0.1) is 5.82 Å². The van der Waals surface area contributed by atoms with Gasteiger partial charge in [-0.3, -0.25) is 0 Å². The van der Waals surface area contributed by atoms with Crippen molar-refractivity contribution in [2.75, 3.05) is 5.32 Å². The van der Waals surface area contributed by atoms with Crippen LogP contribution in [0.3, 0.4) is 0 Å². The summed E-state index contributed by atoms with van der Waals surface area (Å²) >= 11 is 5.58. The molecule has 30 heavy (non-hydrogen) atoms. The van der Waals surface area contributed by atoms with Gasteiger partial charge in [0.1, 0.15) is 11.8 Å². The summed E-state index contributed by atoms with van der Waals surface area (Å²) in [6.07, 6.45) is -2.81. The first kappa shape index (κ1) is 22.1. The highest BCUT2D eigenvalue weighted by atomic mass is 35.5. The molecule has 0 bridgehead atoms. The molecule has 0 saturated heterocycles. The van der Waals surface area contributed by atoms with Crippen molar-refractivity contribution >= 4 is 23.5 Å². The average Bonchev–Trinajstić information content (AvgIpc) is 2.69. The standard InChI is InChI=1S/C20H20ClF4N3O2/c21-17-15(20(23,24)25)10-16(22)18(28-17)26-13-7-4-8-14(9-13)27-19(29)30-11-12-5-2-1-3-6-12/h1-3,5-6,10,13-14H,4,7-9,11H2,(H,26,28)(H,27,29). The molecular formula is C20H20ClF4N3O2. The number of rotatable bonds is 5. The molecule has 5 nitrogen and oxygen atoms in total. The molecule has 1 aromatic heterocycles. The second-order valence-electron chi connectivity index (χ2n) is 7.07. The van der Waals surface area contributed by atoms with Crippen LogP contribution < -0.4 is 10.6 Å². The van der Waals surface area contributed by atoms with E-state index in [1.807, 2.05) is 30.3 Å². The van der Waals surface area contributed by atoms with Gasteiger partial charge in [0.05, 0.1) is 5.56 Å². The molecule has 2 aromatic rings. The first-order valence-corrected chi connectivity index (χ1v) is 9.77. The Morgan fingerprint density at radius 1 is 1.20 bits per heavy atom. The number of alkyl carbamates (subject to hydrolysis) is 1. The molecule has 1 aliphatic rings. The zero-order valence-corrected chi connectivity index (χ0v) is 16.6. The van der Waals surface area contributed by atoms with E-state index in [2.05, 4.69) is 15.6 Å². The topological polar surface area (TPSA) is 63.2 Å². The Balaban J connectivity index is 1.55. The number of nitrogens with one attached hydrogen (secondary N) is 2. The first-order chi connectivity index (χ1) is 14.2. The van der Waals surface area contributed by atoms with Gasteiger partial charge in [0.25, 0.3) is 0 Å². The molecule has 0 spiro atoms. The normalized spacial score (nSPS) is 19.2. The van der Waals surface area contributed by atoms with Gasteiger partial charge in [-0.15, -0.1) is 0 Å². The fourth-order valence-electron chi connectivity index (χ4n) is 3.34. The number of aromatic nitrogens is 1. The van der Waals surface area contributed by atoms with Crippen LogP contribution in [0.1, 0.15) is 36.8 Å². The maximum absolute atomic E-state index is 14.1. The predicted octanol–water partition coefficient (Wildman–Crippen LogP) is 5.54. The van der Waals surface area contributed by atoms with Crippen molar-refractivity contribution in [3.63, 3.8) is 0 Å². The van der Waals surface area contributed by atoms with Gasteiger partial charge >= 0.3 is 12.3 Å². The number of carbonyl (C=O) groups is 1. The second kappa shape index (κ2) is 9.51. The molecule has 1 saturated carbocycles. The van der Waals surface area contributed by atoms with Crippen molar-refractivity contribution in [3.8, 4) is 0 Å². The van der Waals surface area contributed by atoms with Crippen LogP contribution in [0.4, 0.5) is 28.2 Å². The second-order valence-corrected chi connectivity index (χ2v) is 7.42. The van der Waals surface area contributed by atoms with E-state index in [-0.39, 0.29) is 24.5 Å². The summed E-state index contributed by atoms with van der Waals surface area (Å²) in [6, 6.07) is 9.05. The van der Waals surface area contributed by atoms with E-state index in [9.17, 15) is 22.4 Å². The minimum Gasteiger partial charge on any atom is -0.445 e. The largest absolute Gasteiger partial charge is 0.445 e. The number of hydrogen-bond acceptors (Lipinski definition) is 4. The summed E-state index contributed by atoms with van der Waals surface area (Å²) < 4.78 is 57.7. The highest BCUT2D eigenvalue weighted by Crippen LogP contribution is 2.35. The third-order valence-electron chi connectivity index (χ3n) is 4.78. The van der Waals surface area contributed by atoms with Crippen LogP contribution in [0.5, 0.6) is 0 Å². The molecule has 3 rings (SSSR count). The van der Waals surface area contributed by atoms with Crippen molar-refractivity contribution in [2.45, 2.75) is 50.6 Å². The van der Waals surface area contributed by atoms with Crippen molar-refractivity contribution in [2.24, 2.45) is 0 Å². The van der Waals surface area contributed by atoms with Crippen LogP contribution >= 0.6 is 11.6 Å². The van der Waals surface area contributed by atoms with Gasteiger partial charge < -0.3 is 15.4 Å². The van der Waals surface area contributed by atoms with Crippen LogP contribution in [0.2, 0.25) is 5.15 Å². The third kappa shape index (κ3) is 5.98. The molecule has 1 aliphatic carbocycles. The van der Waals surface area contributed by atoms with Crippen LogP contribution in [-0.4, -0.2) is 23.2 Å². The number of benzene rings is 1. The van der Waals surface area contributed by atoms with Gasteiger partial charge in [-0.2, -0.15) is 13.2 Å².